The van der Waals surface area contributed by atoms with Gasteiger partial charge in [0.15, 0.2) is 5.01 Å². The molecule has 0 radical (unpaired) electrons. The van der Waals surface area contributed by atoms with Crippen LogP contribution in [-0.4, -0.2) is 25.2 Å². The zero-order valence-corrected chi connectivity index (χ0v) is 13.0. The fraction of sp³-hybridized carbons (Fsp3) is 0.125. The van der Waals surface area contributed by atoms with Crippen molar-refractivity contribution >= 4 is 21.6 Å². The van der Waals surface area contributed by atoms with Crippen molar-refractivity contribution < 1.29 is 0 Å². The highest BCUT2D eigenvalue weighted by Crippen LogP contribution is 2.30. The Morgan fingerprint density at radius 3 is 2.73 bits per heavy atom. The fourth-order valence-corrected chi connectivity index (χ4v) is 3.43. The summed E-state index contributed by atoms with van der Waals surface area (Å²) in [5.74, 6) is 0.674. The van der Waals surface area contributed by atoms with Gasteiger partial charge in [0.05, 0.1) is 15.9 Å². The summed E-state index contributed by atoms with van der Waals surface area (Å²) < 4.78 is 2.89. The first kappa shape index (κ1) is 13.1. The number of para-hydroxylation sites is 1. The molecule has 0 unspecified atom stereocenters. The lowest BCUT2D eigenvalue weighted by molar-refractivity contribution is 0.787. The van der Waals surface area contributed by atoms with Gasteiger partial charge in [-0.05, 0) is 48.0 Å². The number of tetrazole rings is 1. The van der Waals surface area contributed by atoms with Crippen molar-refractivity contribution in [1.29, 1.82) is 0 Å². The molecule has 2 heterocycles. The van der Waals surface area contributed by atoms with Crippen LogP contribution in [0.4, 0.5) is 0 Å². The lowest BCUT2D eigenvalue weighted by Crippen LogP contribution is -2.02. The Kier molecular flexibility index (Phi) is 2.97. The molecule has 2 aromatic carbocycles. The van der Waals surface area contributed by atoms with Gasteiger partial charge in [-0.25, -0.2) is 4.98 Å². The Bertz CT molecular complexity index is 937. The molecular formula is C16H13N5S. The number of aryl methyl sites for hydroxylation is 2. The smallest absolute Gasteiger partial charge is 0.215 e. The maximum Gasteiger partial charge on any atom is 0.215 e. The number of rotatable bonds is 2. The lowest BCUT2D eigenvalue weighted by Gasteiger charge is -2.07. The Balaban J connectivity index is 1.89. The van der Waals surface area contributed by atoms with E-state index in [4.69, 9.17) is 0 Å². The minimum absolute atomic E-state index is 0.674. The monoisotopic (exact) mass is 307 g/mol. The average Bonchev–Trinajstić information content (AvgIpc) is 3.13. The molecule has 0 bridgehead atoms. The number of fused-ring (bicyclic) bond motifs is 1. The number of nitrogens with zero attached hydrogens (tertiary/aromatic N) is 5. The zero-order chi connectivity index (χ0) is 15.1. The van der Waals surface area contributed by atoms with Gasteiger partial charge in [0.25, 0.3) is 0 Å². The van der Waals surface area contributed by atoms with E-state index in [2.05, 4.69) is 52.6 Å². The van der Waals surface area contributed by atoms with Crippen molar-refractivity contribution in [3.63, 3.8) is 0 Å². The quantitative estimate of drug-likeness (QED) is 0.568. The van der Waals surface area contributed by atoms with E-state index in [-0.39, 0.29) is 0 Å². The van der Waals surface area contributed by atoms with Crippen molar-refractivity contribution in [1.82, 2.24) is 25.2 Å². The van der Waals surface area contributed by atoms with E-state index in [1.807, 2.05) is 24.3 Å². The molecule has 0 N–H and O–H groups in total. The van der Waals surface area contributed by atoms with Gasteiger partial charge in [0.1, 0.15) is 0 Å². The van der Waals surface area contributed by atoms with Gasteiger partial charge in [0.2, 0.25) is 5.82 Å². The van der Waals surface area contributed by atoms with Crippen LogP contribution in [0.5, 0.6) is 0 Å². The van der Waals surface area contributed by atoms with Gasteiger partial charge < -0.3 is 0 Å². The molecule has 0 fully saturated rings. The molecule has 0 aliphatic rings. The second-order valence-corrected chi connectivity index (χ2v) is 6.22. The Labute approximate surface area is 131 Å². The molecule has 0 saturated heterocycles. The first-order valence-corrected chi connectivity index (χ1v) is 7.76. The predicted molar refractivity (Wildman–Crippen MR) is 87.2 cm³/mol. The maximum atomic E-state index is 4.64. The van der Waals surface area contributed by atoms with Crippen LogP contribution in [0.2, 0.25) is 0 Å². The topological polar surface area (TPSA) is 56.5 Å². The van der Waals surface area contributed by atoms with E-state index in [0.29, 0.717) is 5.82 Å². The third-order valence-corrected chi connectivity index (χ3v) is 4.57. The van der Waals surface area contributed by atoms with Crippen LogP contribution in [0, 0.1) is 13.8 Å². The van der Waals surface area contributed by atoms with Crippen LogP contribution < -0.4 is 0 Å². The first-order chi connectivity index (χ1) is 10.7. The average molecular weight is 307 g/mol. The van der Waals surface area contributed by atoms with Crippen LogP contribution >= 0.6 is 11.3 Å². The summed E-state index contributed by atoms with van der Waals surface area (Å²) >= 11 is 1.60. The predicted octanol–water partition coefficient (Wildman–Crippen LogP) is 3.56. The van der Waals surface area contributed by atoms with Crippen LogP contribution in [-0.2, 0) is 0 Å². The zero-order valence-electron chi connectivity index (χ0n) is 12.2. The van der Waals surface area contributed by atoms with E-state index >= 15 is 0 Å². The summed E-state index contributed by atoms with van der Waals surface area (Å²) in [4.78, 5) is 4.64. The van der Waals surface area contributed by atoms with Crippen molar-refractivity contribution in [2.75, 3.05) is 0 Å². The van der Waals surface area contributed by atoms with Gasteiger partial charge >= 0.3 is 0 Å². The molecule has 0 amide bonds. The number of aromatic nitrogens is 5. The molecule has 0 atom stereocenters. The molecule has 4 aromatic rings. The van der Waals surface area contributed by atoms with E-state index in [1.54, 1.807) is 16.0 Å². The number of hydrogen-bond acceptors (Lipinski definition) is 5. The molecule has 2 aromatic heterocycles. The Morgan fingerprint density at radius 2 is 1.91 bits per heavy atom. The van der Waals surface area contributed by atoms with Crippen LogP contribution in [0.3, 0.4) is 0 Å². The maximum absolute atomic E-state index is 4.64. The van der Waals surface area contributed by atoms with Crippen LogP contribution in [0.1, 0.15) is 11.1 Å². The Hall–Kier alpha value is -2.60. The number of hydrogen-bond donors (Lipinski definition) is 0. The molecule has 108 valence electrons. The van der Waals surface area contributed by atoms with E-state index in [1.165, 1.54) is 5.56 Å². The minimum atomic E-state index is 0.674. The SMILES string of the molecule is Cc1ccc(-n2nnnc2-c2nc3ccccc3s2)c(C)c1. The standard InChI is InChI=1S/C16H13N5S/c1-10-7-8-13(11(2)9-10)21-15(18-19-20-21)16-17-12-5-3-4-6-14(12)22-16/h3-9H,1-2H3. The van der Waals surface area contributed by atoms with Crippen molar-refractivity contribution in [2.45, 2.75) is 13.8 Å². The second kappa shape index (κ2) is 4.99. The highest BCUT2D eigenvalue weighted by molar-refractivity contribution is 7.21. The molecule has 22 heavy (non-hydrogen) atoms. The summed E-state index contributed by atoms with van der Waals surface area (Å²) in [6.45, 7) is 4.14. The number of benzene rings is 2. The minimum Gasteiger partial charge on any atom is -0.233 e. The van der Waals surface area contributed by atoms with Gasteiger partial charge in [-0.1, -0.05) is 29.8 Å². The van der Waals surface area contributed by atoms with Crippen molar-refractivity contribution in [3.8, 4) is 16.5 Å². The van der Waals surface area contributed by atoms with E-state index in [9.17, 15) is 0 Å². The summed E-state index contributed by atoms with van der Waals surface area (Å²) in [7, 11) is 0. The van der Waals surface area contributed by atoms with Gasteiger partial charge in [-0.2, -0.15) is 4.68 Å². The molecule has 0 spiro atoms. The summed E-state index contributed by atoms with van der Waals surface area (Å²) in [5.41, 5.74) is 4.30. The second-order valence-electron chi connectivity index (χ2n) is 5.19. The largest absolute Gasteiger partial charge is 0.233 e. The summed E-state index contributed by atoms with van der Waals surface area (Å²) in [5, 5.41) is 13.0. The molecule has 0 aliphatic carbocycles. The normalized spacial score (nSPS) is 11.2. The summed E-state index contributed by atoms with van der Waals surface area (Å²) in [6, 6.07) is 14.3. The van der Waals surface area contributed by atoms with E-state index in [0.717, 1.165) is 26.5 Å². The summed E-state index contributed by atoms with van der Waals surface area (Å²) in [6.07, 6.45) is 0. The third kappa shape index (κ3) is 2.08. The third-order valence-electron chi connectivity index (χ3n) is 3.54. The van der Waals surface area contributed by atoms with Gasteiger partial charge in [-0.15, -0.1) is 16.4 Å². The van der Waals surface area contributed by atoms with Crippen LogP contribution in [0.25, 0.3) is 26.7 Å². The van der Waals surface area contributed by atoms with E-state index < -0.39 is 0 Å². The van der Waals surface area contributed by atoms with Crippen LogP contribution in [0.15, 0.2) is 42.5 Å². The van der Waals surface area contributed by atoms with Gasteiger partial charge in [-0.3, -0.25) is 0 Å². The van der Waals surface area contributed by atoms with Crippen molar-refractivity contribution in [3.05, 3.63) is 53.6 Å². The molecule has 6 heteroatoms. The highest BCUT2D eigenvalue weighted by Gasteiger charge is 2.16. The fourth-order valence-electron chi connectivity index (χ4n) is 2.49. The first-order valence-electron chi connectivity index (χ1n) is 6.94. The highest BCUT2D eigenvalue weighted by atomic mass is 32.1. The van der Waals surface area contributed by atoms with Gasteiger partial charge in [0, 0.05) is 0 Å². The molecular weight excluding hydrogens is 294 g/mol. The molecule has 0 saturated carbocycles. The van der Waals surface area contributed by atoms with Crippen molar-refractivity contribution in [2.24, 2.45) is 0 Å². The molecule has 0 aliphatic heterocycles. The Morgan fingerprint density at radius 1 is 1.05 bits per heavy atom. The lowest BCUT2D eigenvalue weighted by atomic mass is 10.1. The molecule has 4 rings (SSSR count). The number of thiazole rings is 1. The molecule has 5 nitrogen and oxygen atoms in total.